The molecule has 1 aliphatic rings. The Morgan fingerprint density at radius 3 is 2.35 bits per heavy atom. The van der Waals surface area contributed by atoms with E-state index >= 15 is 0 Å². The molecule has 1 amide bonds. The number of carbonyl (C=O) groups excluding carboxylic acids is 1. The summed E-state index contributed by atoms with van der Waals surface area (Å²) in [7, 11) is 1.57. The lowest BCUT2D eigenvalue weighted by Crippen LogP contribution is -2.30. The van der Waals surface area contributed by atoms with Crippen molar-refractivity contribution >= 4 is 35.0 Å². The highest BCUT2D eigenvalue weighted by atomic mass is 32.1. The summed E-state index contributed by atoms with van der Waals surface area (Å²) in [5.74, 6) is 0.403. The van der Waals surface area contributed by atoms with Gasteiger partial charge in [-0.25, -0.2) is 4.90 Å². The fraction of sp³-hybridized carbons (Fsp3) is 0.238. The van der Waals surface area contributed by atoms with Gasteiger partial charge in [-0.05, 0) is 47.0 Å². The molecular formula is C21H22N2O2S. The second-order valence-electron chi connectivity index (χ2n) is 7.17. The number of nitrogens with one attached hydrogen (secondary N) is 1. The van der Waals surface area contributed by atoms with Crippen molar-refractivity contribution in [3.05, 3.63) is 65.4 Å². The Kier molecular flexibility index (Phi) is 4.83. The summed E-state index contributed by atoms with van der Waals surface area (Å²) < 4.78 is 5.35. The first-order valence-electron chi connectivity index (χ1n) is 8.42. The van der Waals surface area contributed by atoms with Crippen molar-refractivity contribution in [2.24, 2.45) is 0 Å². The molecule has 0 spiro atoms. The van der Waals surface area contributed by atoms with E-state index < -0.39 is 0 Å². The normalized spacial score (nSPS) is 16.2. The van der Waals surface area contributed by atoms with E-state index in [1.54, 1.807) is 13.2 Å². The topological polar surface area (TPSA) is 41.6 Å². The Morgan fingerprint density at radius 1 is 1.08 bits per heavy atom. The van der Waals surface area contributed by atoms with Crippen LogP contribution in [0.15, 0.2) is 54.2 Å². The van der Waals surface area contributed by atoms with Gasteiger partial charge in [0.05, 0.1) is 12.8 Å². The highest BCUT2D eigenvalue weighted by Gasteiger charge is 2.33. The van der Waals surface area contributed by atoms with Gasteiger partial charge < -0.3 is 10.1 Å². The highest BCUT2D eigenvalue weighted by Crippen LogP contribution is 2.31. The lowest BCUT2D eigenvalue weighted by atomic mass is 9.87. The van der Waals surface area contributed by atoms with E-state index in [0.717, 1.165) is 5.56 Å². The minimum absolute atomic E-state index is 0.0926. The number of rotatable bonds is 3. The van der Waals surface area contributed by atoms with E-state index in [9.17, 15) is 4.79 Å². The number of carbonyl (C=O) groups is 1. The van der Waals surface area contributed by atoms with Crippen LogP contribution in [0, 0.1) is 0 Å². The predicted octanol–water partition coefficient (Wildman–Crippen LogP) is 4.25. The molecular weight excluding hydrogens is 344 g/mol. The summed E-state index contributed by atoms with van der Waals surface area (Å²) in [5, 5.41) is 3.35. The number of methoxy groups -OCH3 is 1. The Morgan fingerprint density at radius 2 is 1.73 bits per heavy atom. The third-order valence-corrected chi connectivity index (χ3v) is 4.58. The Labute approximate surface area is 159 Å². The summed E-state index contributed by atoms with van der Waals surface area (Å²) in [4.78, 5) is 14.3. The number of amides is 1. The van der Waals surface area contributed by atoms with Crippen LogP contribution in [0.3, 0.4) is 0 Å². The van der Waals surface area contributed by atoms with E-state index in [1.807, 2.05) is 36.4 Å². The molecule has 0 atom stereocenters. The van der Waals surface area contributed by atoms with Crippen LogP contribution >= 0.6 is 12.2 Å². The molecule has 0 bridgehead atoms. The summed E-state index contributed by atoms with van der Waals surface area (Å²) in [6.07, 6.45) is 1.82. The van der Waals surface area contributed by atoms with Crippen LogP contribution in [0.5, 0.6) is 5.75 Å². The summed E-state index contributed by atoms with van der Waals surface area (Å²) in [5.41, 5.74) is 3.36. The van der Waals surface area contributed by atoms with Gasteiger partial charge in [0, 0.05) is 0 Å². The van der Waals surface area contributed by atoms with Crippen molar-refractivity contribution in [2.75, 3.05) is 12.0 Å². The van der Waals surface area contributed by atoms with E-state index in [0.29, 0.717) is 22.2 Å². The zero-order chi connectivity index (χ0) is 18.9. The molecule has 1 N–H and O–H groups in total. The molecule has 1 fully saturated rings. The molecule has 1 saturated heterocycles. The Balaban J connectivity index is 1.90. The van der Waals surface area contributed by atoms with Crippen molar-refractivity contribution < 1.29 is 9.53 Å². The first-order valence-corrected chi connectivity index (χ1v) is 8.83. The van der Waals surface area contributed by atoms with Crippen LogP contribution in [0.4, 0.5) is 5.69 Å². The van der Waals surface area contributed by atoms with Gasteiger partial charge in [0.1, 0.15) is 11.4 Å². The maximum Gasteiger partial charge on any atom is 0.281 e. The quantitative estimate of drug-likeness (QED) is 0.651. The number of anilines is 1. The SMILES string of the molecule is COc1ccccc1N1C(=O)/C(=C\c2ccc(C(C)(C)C)cc2)NC1=S. The van der Waals surface area contributed by atoms with E-state index in [-0.39, 0.29) is 11.3 Å². The standard InChI is InChI=1S/C21H22N2O2S/c1-21(2,3)15-11-9-14(10-12-15)13-16-19(24)23(20(26)22-16)17-7-5-6-8-18(17)25-4/h5-13H,1-4H3,(H,22,26)/b16-13+. The minimum Gasteiger partial charge on any atom is -0.495 e. The van der Waals surface area contributed by atoms with Crippen LogP contribution in [0.2, 0.25) is 0 Å². The highest BCUT2D eigenvalue weighted by molar-refractivity contribution is 7.80. The van der Waals surface area contributed by atoms with Gasteiger partial charge in [-0.2, -0.15) is 0 Å². The second kappa shape index (κ2) is 6.92. The van der Waals surface area contributed by atoms with Crippen molar-refractivity contribution in [1.82, 2.24) is 5.32 Å². The van der Waals surface area contributed by atoms with Gasteiger partial charge in [0.2, 0.25) is 0 Å². The number of hydrogen-bond acceptors (Lipinski definition) is 3. The Bertz CT molecular complexity index is 880. The maximum atomic E-state index is 12.9. The lowest BCUT2D eigenvalue weighted by molar-refractivity contribution is -0.113. The molecule has 0 unspecified atom stereocenters. The fourth-order valence-electron chi connectivity index (χ4n) is 2.81. The van der Waals surface area contributed by atoms with E-state index in [4.69, 9.17) is 17.0 Å². The van der Waals surface area contributed by atoms with Gasteiger partial charge in [0.25, 0.3) is 5.91 Å². The van der Waals surface area contributed by atoms with Gasteiger partial charge in [0.15, 0.2) is 5.11 Å². The lowest BCUT2D eigenvalue weighted by Gasteiger charge is -2.18. The third kappa shape index (κ3) is 3.48. The number of ether oxygens (including phenoxy) is 1. The van der Waals surface area contributed by atoms with Crippen molar-refractivity contribution in [1.29, 1.82) is 0 Å². The molecule has 4 nitrogen and oxygen atoms in total. The first-order chi connectivity index (χ1) is 12.3. The van der Waals surface area contributed by atoms with Gasteiger partial charge >= 0.3 is 0 Å². The molecule has 0 aromatic heterocycles. The molecule has 1 aliphatic heterocycles. The van der Waals surface area contributed by atoms with E-state index in [1.165, 1.54) is 10.5 Å². The minimum atomic E-state index is -0.195. The predicted molar refractivity (Wildman–Crippen MR) is 109 cm³/mol. The zero-order valence-electron chi connectivity index (χ0n) is 15.4. The number of benzene rings is 2. The summed E-state index contributed by atoms with van der Waals surface area (Å²) >= 11 is 5.37. The number of thiocarbonyl (C=S) groups is 1. The van der Waals surface area contributed by atoms with Crippen LogP contribution in [-0.4, -0.2) is 18.1 Å². The molecule has 2 aromatic rings. The number of hydrogen-bond donors (Lipinski definition) is 1. The average molecular weight is 366 g/mol. The van der Waals surface area contributed by atoms with Crippen LogP contribution in [-0.2, 0) is 10.2 Å². The molecule has 134 valence electrons. The number of para-hydroxylation sites is 2. The molecule has 1 heterocycles. The summed E-state index contributed by atoms with van der Waals surface area (Å²) in [6, 6.07) is 15.5. The van der Waals surface area contributed by atoms with Crippen LogP contribution in [0.25, 0.3) is 6.08 Å². The molecule has 26 heavy (non-hydrogen) atoms. The first kappa shape index (κ1) is 18.1. The molecule has 0 saturated carbocycles. The van der Waals surface area contributed by atoms with Crippen LogP contribution in [0.1, 0.15) is 31.9 Å². The van der Waals surface area contributed by atoms with Crippen molar-refractivity contribution in [2.45, 2.75) is 26.2 Å². The van der Waals surface area contributed by atoms with Gasteiger partial charge in [-0.15, -0.1) is 0 Å². The fourth-order valence-corrected chi connectivity index (χ4v) is 3.11. The van der Waals surface area contributed by atoms with Crippen LogP contribution < -0.4 is 15.0 Å². The van der Waals surface area contributed by atoms with Gasteiger partial charge in [-0.1, -0.05) is 57.2 Å². The average Bonchev–Trinajstić information content (AvgIpc) is 2.88. The third-order valence-electron chi connectivity index (χ3n) is 4.29. The largest absolute Gasteiger partial charge is 0.495 e. The van der Waals surface area contributed by atoms with E-state index in [2.05, 4.69) is 38.2 Å². The molecule has 2 aromatic carbocycles. The second-order valence-corrected chi connectivity index (χ2v) is 7.56. The molecule has 0 aliphatic carbocycles. The maximum absolute atomic E-state index is 12.9. The van der Waals surface area contributed by atoms with Gasteiger partial charge in [-0.3, -0.25) is 4.79 Å². The zero-order valence-corrected chi connectivity index (χ0v) is 16.2. The number of nitrogens with zero attached hydrogens (tertiary/aromatic N) is 1. The van der Waals surface area contributed by atoms with Crippen molar-refractivity contribution in [3.8, 4) is 5.75 Å². The monoisotopic (exact) mass is 366 g/mol. The molecule has 0 radical (unpaired) electrons. The smallest absolute Gasteiger partial charge is 0.281 e. The molecule has 5 heteroatoms. The Hall–Kier alpha value is -2.66. The summed E-state index contributed by atoms with van der Waals surface area (Å²) in [6.45, 7) is 6.52. The van der Waals surface area contributed by atoms with Crippen molar-refractivity contribution in [3.63, 3.8) is 0 Å². The molecule has 3 rings (SSSR count).